The Hall–Kier alpha value is -2.53. The van der Waals surface area contributed by atoms with E-state index in [2.05, 4.69) is 41.4 Å². The van der Waals surface area contributed by atoms with Crippen LogP contribution in [0.5, 0.6) is 11.5 Å². The lowest BCUT2D eigenvalue weighted by atomic mass is 10.1. The summed E-state index contributed by atoms with van der Waals surface area (Å²) < 4.78 is 10.7. The van der Waals surface area contributed by atoms with Crippen molar-refractivity contribution in [1.29, 1.82) is 0 Å². The largest absolute Gasteiger partial charge is 0.454 e. The van der Waals surface area contributed by atoms with Gasteiger partial charge in [-0.05, 0) is 48.9 Å². The smallest absolute Gasteiger partial charge is 0.234 e. The lowest BCUT2D eigenvalue weighted by Crippen LogP contribution is -2.42. The van der Waals surface area contributed by atoms with Crippen molar-refractivity contribution in [3.8, 4) is 11.5 Å². The van der Waals surface area contributed by atoms with Crippen LogP contribution in [0, 0.1) is 5.92 Å². The van der Waals surface area contributed by atoms with Crippen molar-refractivity contribution in [2.45, 2.75) is 38.9 Å². The first kappa shape index (κ1) is 17.9. The van der Waals surface area contributed by atoms with Crippen LogP contribution in [-0.4, -0.2) is 30.2 Å². The van der Waals surface area contributed by atoms with E-state index in [0.717, 1.165) is 29.5 Å². The molecule has 1 aliphatic heterocycles. The monoisotopic (exact) mass is 366 g/mol. The van der Waals surface area contributed by atoms with Crippen molar-refractivity contribution < 1.29 is 14.3 Å². The van der Waals surface area contributed by atoms with Gasteiger partial charge in [0.2, 0.25) is 12.7 Å². The maximum absolute atomic E-state index is 12.6. The van der Waals surface area contributed by atoms with E-state index in [1.165, 1.54) is 18.4 Å². The second-order valence-electron chi connectivity index (χ2n) is 7.43. The van der Waals surface area contributed by atoms with Crippen LogP contribution in [0.2, 0.25) is 0 Å². The number of amides is 1. The van der Waals surface area contributed by atoms with Crippen LogP contribution >= 0.6 is 0 Å². The van der Waals surface area contributed by atoms with Gasteiger partial charge in [-0.25, -0.2) is 0 Å². The predicted octanol–water partition coefficient (Wildman–Crippen LogP) is 3.33. The maximum atomic E-state index is 12.6. The third kappa shape index (κ3) is 4.61. The highest BCUT2D eigenvalue weighted by Gasteiger charge is 2.32. The summed E-state index contributed by atoms with van der Waals surface area (Å²) >= 11 is 0. The average Bonchev–Trinajstić information content (AvgIpc) is 3.43. The Morgan fingerprint density at radius 3 is 2.67 bits per heavy atom. The molecule has 5 nitrogen and oxygen atoms in total. The molecule has 2 aromatic rings. The van der Waals surface area contributed by atoms with Crippen LogP contribution in [0.1, 0.15) is 30.9 Å². The number of hydrogen-bond donors (Lipinski definition) is 1. The van der Waals surface area contributed by atoms with Crippen LogP contribution in [0.25, 0.3) is 0 Å². The van der Waals surface area contributed by atoms with Gasteiger partial charge >= 0.3 is 0 Å². The number of nitrogens with zero attached hydrogens (tertiary/aromatic N) is 1. The Bertz CT molecular complexity index is 789. The summed E-state index contributed by atoms with van der Waals surface area (Å²) in [7, 11) is 0. The first-order valence-corrected chi connectivity index (χ1v) is 9.62. The van der Waals surface area contributed by atoms with Crippen molar-refractivity contribution in [1.82, 2.24) is 10.2 Å². The maximum Gasteiger partial charge on any atom is 0.234 e. The molecule has 2 aromatic carbocycles. The van der Waals surface area contributed by atoms with Gasteiger partial charge in [0.1, 0.15) is 0 Å². The molecular formula is C22H26N2O3. The lowest BCUT2D eigenvalue weighted by molar-refractivity contribution is -0.123. The van der Waals surface area contributed by atoms with Gasteiger partial charge in [0.25, 0.3) is 0 Å². The number of carbonyl (C=O) groups excluding carboxylic acids is 1. The molecule has 0 unspecified atom stereocenters. The lowest BCUT2D eigenvalue weighted by Gasteiger charge is -2.28. The molecule has 27 heavy (non-hydrogen) atoms. The number of nitrogens with one attached hydrogen (secondary N) is 1. The fourth-order valence-corrected chi connectivity index (χ4v) is 3.53. The molecule has 5 heteroatoms. The van der Waals surface area contributed by atoms with E-state index in [9.17, 15) is 4.79 Å². The summed E-state index contributed by atoms with van der Waals surface area (Å²) in [5.74, 6) is 2.28. The second kappa shape index (κ2) is 8.01. The normalized spacial score (nSPS) is 16.4. The third-order valence-corrected chi connectivity index (χ3v) is 5.38. The standard InChI is InChI=1S/C22H26N2O3/c1-16(19-8-9-19)24(13-17-5-3-2-4-6-17)14-22(25)23-12-18-7-10-20-21(11-18)27-15-26-20/h2-7,10-11,16,19H,8-9,12-15H2,1H3,(H,23,25)/t16-/m0/s1. The molecule has 4 rings (SSSR count). The Labute approximate surface area is 160 Å². The second-order valence-corrected chi connectivity index (χ2v) is 7.43. The predicted molar refractivity (Wildman–Crippen MR) is 103 cm³/mol. The number of fused-ring (bicyclic) bond motifs is 1. The van der Waals surface area contributed by atoms with E-state index in [-0.39, 0.29) is 12.7 Å². The van der Waals surface area contributed by atoms with Gasteiger partial charge in [0, 0.05) is 19.1 Å². The van der Waals surface area contributed by atoms with Crippen LogP contribution in [-0.2, 0) is 17.9 Å². The Balaban J connectivity index is 1.34. The molecule has 2 aliphatic rings. The topological polar surface area (TPSA) is 50.8 Å². The molecule has 142 valence electrons. The molecule has 0 spiro atoms. The first-order chi connectivity index (χ1) is 13.2. The number of ether oxygens (including phenoxy) is 2. The van der Waals surface area contributed by atoms with Crippen molar-refractivity contribution >= 4 is 5.91 Å². The molecule has 0 aromatic heterocycles. The minimum Gasteiger partial charge on any atom is -0.454 e. The van der Waals surface area contributed by atoms with E-state index in [1.807, 2.05) is 24.3 Å². The van der Waals surface area contributed by atoms with Gasteiger partial charge in [-0.1, -0.05) is 36.4 Å². The Morgan fingerprint density at radius 1 is 1.11 bits per heavy atom. The zero-order valence-electron chi connectivity index (χ0n) is 15.7. The van der Waals surface area contributed by atoms with Crippen LogP contribution in [0.4, 0.5) is 0 Å². The minimum absolute atomic E-state index is 0.0519. The Kier molecular flexibility index (Phi) is 5.30. The minimum atomic E-state index is 0.0519. The van der Waals surface area contributed by atoms with Crippen molar-refractivity contribution in [3.63, 3.8) is 0 Å². The zero-order valence-corrected chi connectivity index (χ0v) is 15.7. The fourth-order valence-electron chi connectivity index (χ4n) is 3.53. The molecular weight excluding hydrogens is 340 g/mol. The van der Waals surface area contributed by atoms with Gasteiger partial charge < -0.3 is 14.8 Å². The molecule has 1 amide bonds. The van der Waals surface area contributed by atoms with Crippen LogP contribution < -0.4 is 14.8 Å². The van der Waals surface area contributed by atoms with Gasteiger partial charge in [-0.15, -0.1) is 0 Å². The van der Waals surface area contributed by atoms with E-state index in [0.29, 0.717) is 19.1 Å². The van der Waals surface area contributed by atoms with Crippen molar-refractivity contribution in [3.05, 3.63) is 59.7 Å². The van der Waals surface area contributed by atoms with E-state index < -0.39 is 0 Å². The highest BCUT2D eigenvalue weighted by atomic mass is 16.7. The summed E-state index contributed by atoms with van der Waals surface area (Å²) in [5.41, 5.74) is 2.26. The number of rotatable bonds is 8. The molecule has 1 N–H and O–H groups in total. The molecule has 1 atom stereocenters. The highest BCUT2D eigenvalue weighted by molar-refractivity contribution is 5.78. The molecule has 1 saturated carbocycles. The highest BCUT2D eigenvalue weighted by Crippen LogP contribution is 2.35. The number of carbonyl (C=O) groups is 1. The van der Waals surface area contributed by atoms with Crippen molar-refractivity contribution in [2.75, 3.05) is 13.3 Å². The number of hydrogen-bond acceptors (Lipinski definition) is 4. The summed E-state index contributed by atoms with van der Waals surface area (Å²) in [6.07, 6.45) is 2.54. The van der Waals surface area contributed by atoms with Gasteiger partial charge in [0.15, 0.2) is 11.5 Å². The summed E-state index contributed by atoms with van der Waals surface area (Å²) in [6.45, 7) is 4.21. The molecule has 0 saturated heterocycles. The summed E-state index contributed by atoms with van der Waals surface area (Å²) in [5, 5.41) is 3.04. The SMILES string of the molecule is C[C@@H](C1CC1)N(CC(=O)NCc1ccc2c(c1)OCO2)Cc1ccccc1. The Morgan fingerprint density at radius 2 is 1.89 bits per heavy atom. The van der Waals surface area contributed by atoms with Crippen LogP contribution in [0.15, 0.2) is 48.5 Å². The number of benzene rings is 2. The molecule has 0 radical (unpaired) electrons. The van der Waals surface area contributed by atoms with E-state index in [4.69, 9.17) is 9.47 Å². The first-order valence-electron chi connectivity index (χ1n) is 9.62. The quantitative estimate of drug-likeness (QED) is 0.779. The van der Waals surface area contributed by atoms with E-state index >= 15 is 0 Å². The fraction of sp³-hybridized carbons (Fsp3) is 0.409. The summed E-state index contributed by atoms with van der Waals surface area (Å²) in [4.78, 5) is 14.9. The summed E-state index contributed by atoms with van der Waals surface area (Å²) in [6, 6.07) is 16.6. The van der Waals surface area contributed by atoms with Gasteiger partial charge in [0.05, 0.1) is 6.54 Å². The molecule has 1 heterocycles. The molecule has 1 fully saturated rings. The zero-order chi connectivity index (χ0) is 18.6. The molecule has 0 bridgehead atoms. The van der Waals surface area contributed by atoms with Gasteiger partial charge in [-0.2, -0.15) is 0 Å². The third-order valence-electron chi connectivity index (χ3n) is 5.38. The molecule has 1 aliphatic carbocycles. The van der Waals surface area contributed by atoms with E-state index in [1.54, 1.807) is 0 Å². The average molecular weight is 366 g/mol. The van der Waals surface area contributed by atoms with Gasteiger partial charge in [-0.3, -0.25) is 9.69 Å². The van der Waals surface area contributed by atoms with Crippen LogP contribution in [0.3, 0.4) is 0 Å². The van der Waals surface area contributed by atoms with Crippen molar-refractivity contribution in [2.24, 2.45) is 5.92 Å².